The normalized spacial score (nSPS) is 25.4. The Bertz CT molecular complexity index is 488. The number of nitrogens with zero attached hydrogens (tertiary/aromatic N) is 2. The zero-order valence-electron chi connectivity index (χ0n) is 10.2. The lowest BCUT2D eigenvalue weighted by molar-refractivity contribution is -0.0133. The highest BCUT2D eigenvalue weighted by atomic mass is 16.5. The number of hydrogen-bond donors (Lipinski definition) is 0. The second-order valence-corrected chi connectivity index (χ2v) is 5.57. The molecule has 2 saturated carbocycles. The fourth-order valence-electron chi connectivity index (χ4n) is 2.79. The van der Waals surface area contributed by atoms with E-state index in [0.29, 0.717) is 31.4 Å². The molecule has 18 heavy (non-hydrogen) atoms. The molecule has 0 N–H and O–H groups in total. The predicted octanol–water partition coefficient (Wildman–Crippen LogP) is 1.56. The Labute approximate surface area is 105 Å². The molecule has 5 heteroatoms. The van der Waals surface area contributed by atoms with Crippen LogP contribution in [0.1, 0.15) is 47.8 Å². The van der Waals surface area contributed by atoms with E-state index in [1.807, 2.05) is 4.90 Å². The van der Waals surface area contributed by atoms with E-state index < -0.39 is 0 Å². The number of ether oxygens (including phenoxy) is 1. The van der Waals surface area contributed by atoms with Crippen molar-refractivity contribution in [3.05, 3.63) is 17.8 Å². The van der Waals surface area contributed by atoms with Crippen molar-refractivity contribution >= 4 is 5.91 Å². The van der Waals surface area contributed by atoms with Gasteiger partial charge in [-0.3, -0.25) is 4.79 Å². The monoisotopic (exact) mass is 248 g/mol. The first-order valence-corrected chi connectivity index (χ1v) is 6.63. The summed E-state index contributed by atoms with van der Waals surface area (Å²) in [4.78, 5) is 18.8. The molecule has 1 aromatic heterocycles. The summed E-state index contributed by atoms with van der Waals surface area (Å²) >= 11 is 0. The SMILES string of the molecule is O=C(c1ocnc1C1CC1)N1CCOCC12CC2. The van der Waals surface area contributed by atoms with E-state index in [-0.39, 0.29) is 11.4 Å². The number of carbonyl (C=O) groups excluding carboxylic acids is 1. The molecule has 0 aromatic carbocycles. The minimum Gasteiger partial charge on any atom is -0.438 e. The molecule has 0 radical (unpaired) electrons. The Kier molecular flexibility index (Phi) is 2.09. The van der Waals surface area contributed by atoms with Gasteiger partial charge in [0, 0.05) is 12.5 Å². The van der Waals surface area contributed by atoms with Gasteiger partial charge in [0.1, 0.15) is 0 Å². The maximum absolute atomic E-state index is 12.6. The zero-order valence-corrected chi connectivity index (χ0v) is 10.2. The van der Waals surface area contributed by atoms with Gasteiger partial charge in [-0.05, 0) is 25.7 Å². The number of amides is 1. The van der Waals surface area contributed by atoms with Gasteiger partial charge in [0.2, 0.25) is 5.76 Å². The highest BCUT2D eigenvalue weighted by Crippen LogP contribution is 2.46. The van der Waals surface area contributed by atoms with Crippen molar-refractivity contribution in [2.24, 2.45) is 0 Å². The summed E-state index contributed by atoms with van der Waals surface area (Å²) in [6.07, 6.45) is 5.75. The number of aromatic nitrogens is 1. The van der Waals surface area contributed by atoms with E-state index in [0.717, 1.165) is 31.4 Å². The topological polar surface area (TPSA) is 55.6 Å². The molecule has 1 aliphatic heterocycles. The van der Waals surface area contributed by atoms with E-state index in [1.54, 1.807) is 0 Å². The van der Waals surface area contributed by atoms with Crippen LogP contribution in [0.25, 0.3) is 0 Å². The van der Waals surface area contributed by atoms with Crippen molar-refractivity contribution in [2.75, 3.05) is 19.8 Å². The number of morpholine rings is 1. The minimum atomic E-state index is -0.0387. The van der Waals surface area contributed by atoms with Crippen molar-refractivity contribution in [1.82, 2.24) is 9.88 Å². The van der Waals surface area contributed by atoms with Crippen LogP contribution in [0, 0.1) is 0 Å². The van der Waals surface area contributed by atoms with Gasteiger partial charge in [-0.25, -0.2) is 4.98 Å². The molecule has 0 unspecified atom stereocenters. The molecule has 3 aliphatic rings. The first kappa shape index (κ1) is 10.6. The van der Waals surface area contributed by atoms with Gasteiger partial charge in [-0.15, -0.1) is 0 Å². The van der Waals surface area contributed by atoms with E-state index in [9.17, 15) is 4.79 Å². The van der Waals surface area contributed by atoms with Crippen molar-refractivity contribution in [2.45, 2.75) is 37.1 Å². The molecule has 3 fully saturated rings. The Morgan fingerprint density at radius 3 is 3.00 bits per heavy atom. The third kappa shape index (κ3) is 1.50. The zero-order chi connectivity index (χ0) is 12.2. The molecule has 2 heterocycles. The molecular weight excluding hydrogens is 232 g/mol. The molecule has 2 aliphatic carbocycles. The lowest BCUT2D eigenvalue weighted by Gasteiger charge is -2.35. The summed E-state index contributed by atoms with van der Waals surface area (Å²) in [6.45, 7) is 1.97. The van der Waals surface area contributed by atoms with Gasteiger partial charge in [0.25, 0.3) is 5.91 Å². The first-order chi connectivity index (χ1) is 8.80. The van der Waals surface area contributed by atoms with Crippen LogP contribution in [0.3, 0.4) is 0 Å². The summed E-state index contributed by atoms with van der Waals surface area (Å²) in [5, 5.41) is 0. The molecule has 4 rings (SSSR count). The summed E-state index contributed by atoms with van der Waals surface area (Å²) in [6, 6.07) is 0. The van der Waals surface area contributed by atoms with Crippen LogP contribution in [-0.2, 0) is 4.74 Å². The van der Waals surface area contributed by atoms with E-state index >= 15 is 0 Å². The highest BCUT2D eigenvalue weighted by molar-refractivity contribution is 5.93. The van der Waals surface area contributed by atoms with Crippen LogP contribution in [0.15, 0.2) is 10.8 Å². The van der Waals surface area contributed by atoms with Crippen molar-refractivity contribution in [1.29, 1.82) is 0 Å². The Morgan fingerprint density at radius 2 is 2.28 bits per heavy atom. The average Bonchev–Trinajstić information content (AvgIpc) is 3.32. The van der Waals surface area contributed by atoms with Crippen LogP contribution in [-0.4, -0.2) is 41.1 Å². The third-order valence-electron chi connectivity index (χ3n) is 4.23. The van der Waals surface area contributed by atoms with Crippen molar-refractivity contribution < 1.29 is 13.9 Å². The summed E-state index contributed by atoms with van der Waals surface area (Å²) in [7, 11) is 0. The van der Waals surface area contributed by atoms with E-state index in [4.69, 9.17) is 9.15 Å². The van der Waals surface area contributed by atoms with Gasteiger partial charge < -0.3 is 14.1 Å². The smallest absolute Gasteiger partial charge is 0.292 e. The van der Waals surface area contributed by atoms with Gasteiger partial charge in [0.05, 0.1) is 24.4 Å². The summed E-state index contributed by atoms with van der Waals surface area (Å²) < 4.78 is 10.9. The number of carbonyl (C=O) groups is 1. The second-order valence-electron chi connectivity index (χ2n) is 5.57. The number of oxazole rings is 1. The third-order valence-corrected chi connectivity index (χ3v) is 4.23. The van der Waals surface area contributed by atoms with Gasteiger partial charge in [0.15, 0.2) is 6.39 Å². The first-order valence-electron chi connectivity index (χ1n) is 6.63. The number of hydrogen-bond acceptors (Lipinski definition) is 4. The standard InChI is InChI=1S/C13H16N2O3/c16-12(11-10(9-1-2-9)14-8-18-11)15-5-6-17-7-13(15)3-4-13/h8-9H,1-7H2. The molecule has 0 bridgehead atoms. The fourth-order valence-corrected chi connectivity index (χ4v) is 2.79. The minimum absolute atomic E-state index is 0.00944. The molecule has 1 saturated heterocycles. The largest absolute Gasteiger partial charge is 0.438 e. The second kappa shape index (κ2) is 3.57. The highest BCUT2D eigenvalue weighted by Gasteiger charge is 2.53. The Balaban J connectivity index is 1.63. The van der Waals surface area contributed by atoms with Gasteiger partial charge in [-0.1, -0.05) is 0 Å². The Hall–Kier alpha value is -1.36. The molecule has 96 valence electrons. The van der Waals surface area contributed by atoms with Crippen molar-refractivity contribution in [3.8, 4) is 0 Å². The maximum atomic E-state index is 12.6. The quantitative estimate of drug-likeness (QED) is 0.797. The molecule has 0 atom stereocenters. The molecule has 5 nitrogen and oxygen atoms in total. The fraction of sp³-hybridized carbons (Fsp3) is 0.692. The lowest BCUT2D eigenvalue weighted by Crippen LogP contribution is -2.50. The van der Waals surface area contributed by atoms with E-state index in [1.165, 1.54) is 6.39 Å². The Morgan fingerprint density at radius 1 is 1.44 bits per heavy atom. The molecule has 1 spiro atoms. The molecule has 1 aromatic rings. The van der Waals surface area contributed by atoms with Crippen LogP contribution in [0.4, 0.5) is 0 Å². The van der Waals surface area contributed by atoms with Gasteiger partial charge in [-0.2, -0.15) is 0 Å². The van der Waals surface area contributed by atoms with Crippen LogP contribution in [0.5, 0.6) is 0 Å². The van der Waals surface area contributed by atoms with Crippen molar-refractivity contribution in [3.63, 3.8) is 0 Å². The average molecular weight is 248 g/mol. The lowest BCUT2D eigenvalue weighted by atomic mass is 10.1. The predicted molar refractivity (Wildman–Crippen MR) is 62.3 cm³/mol. The van der Waals surface area contributed by atoms with Crippen LogP contribution >= 0.6 is 0 Å². The number of rotatable bonds is 2. The van der Waals surface area contributed by atoms with E-state index in [2.05, 4.69) is 4.98 Å². The van der Waals surface area contributed by atoms with Crippen LogP contribution < -0.4 is 0 Å². The maximum Gasteiger partial charge on any atom is 0.292 e. The molecule has 1 amide bonds. The van der Waals surface area contributed by atoms with Gasteiger partial charge >= 0.3 is 0 Å². The van der Waals surface area contributed by atoms with Crippen LogP contribution in [0.2, 0.25) is 0 Å². The summed E-state index contributed by atoms with van der Waals surface area (Å²) in [5.41, 5.74) is 0.824. The molecular formula is C13H16N2O3. The summed E-state index contributed by atoms with van der Waals surface area (Å²) in [5.74, 6) is 0.916.